The first-order chi connectivity index (χ1) is 6.72. The van der Waals surface area contributed by atoms with Crippen LogP contribution in [0.3, 0.4) is 0 Å². The van der Waals surface area contributed by atoms with Crippen molar-refractivity contribution in [3.05, 3.63) is 39.4 Å². The van der Waals surface area contributed by atoms with Crippen LogP contribution >= 0.6 is 15.9 Å². The Kier molecular flexibility index (Phi) is 2.55. The van der Waals surface area contributed by atoms with Gasteiger partial charge in [-0.05, 0) is 54.2 Å². The summed E-state index contributed by atoms with van der Waals surface area (Å²) in [6, 6.07) is 6.24. The summed E-state index contributed by atoms with van der Waals surface area (Å²) in [5, 5.41) is 0. The van der Waals surface area contributed by atoms with Crippen molar-refractivity contribution in [1.29, 1.82) is 0 Å². The van der Waals surface area contributed by atoms with Crippen molar-refractivity contribution in [3.63, 3.8) is 0 Å². The summed E-state index contributed by atoms with van der Waals surface area (Å²) in [5.74, 6) is 0. The molecule has 0 radical (unpaired) electrons. The Balaban J connectivity index is 2.58. The second-order valence-electron chi connectivity index (χ2n) is 3.57. The van der Waals surface area contributed by atoms with Gasteiger partial charge in [0.1, 0.15) is 6.29 Å². The fourth-order valence-corrected chi connectivity index (χ4v) is 2.32. The lowest BCUT2D eigenvalue weighted by Gasteiger charge is -2.18. The van der Waals surface area contributed by atoms with Gasteiger partial charge < -0.3 is 0 Å². The lowest BCUT2D eigenvalue weighted by atomic mass is 9.87. The van der Waals surface area contributed by atoms with E-state index in [4.69, 9.17) is 0 Å². The maximum absolute atomic E-state index is 10.8. The predicted octanol–water partition coefficient (Wildman–Crippen LogP) is 3.37. The third kappa shape index (κ3) is 1.55. The first-order valence-corrected chi connectivity index (χ1v) is 5.45. The largest absolute Gasteiger partial charge is 0.298 e. The van der Waals surface area contributed by atoms with E-state index in [1.165, 1.54) is 11.1 Å². The van der Waals surface area contributed by atoms with Crippen LogP contribution in [0, 0.1) is 0 Å². The number of benzene rings is 1. The van der Waals surface area contributed by atoms with Crippen LogP contribution in [0.1, 0.15) is 24.5 Å². The molecule has 0 N–H and O–H groups in total. The molecule has 0 atom stereocenters. The Hall–Kier alpha value is -0.890. The van der Waals surface area contributed by atoms with Gasteiger partial charge in [0.25, 0.3) is 0 Å². The molecule has 0 aliphatic heterocycles. The zero-order valence-electron chi connectivity index (χ0n) is 8.01. The highest BCUT2D eigenvalue weighted by atomic mass is 79.9. The van der Waals surface area contributed by atoms with Crippen LogP contribution in [0.25, 0.3) is 5.57 Å². The zero-order valence-corrected chi connectivity index (χ0v) is 9.60. The minimum Gasteiger partial charge on any atom is -0.298 e. The van der Waals surface area contributed by atoms with Crippen molar-refractivity contribution in [2.75, 3.05) is 0 Å². The van der Waals surface area contributed by atoms with Crippen LogP contribution in [0.5, 0.6) is 0 Å². The van der Waals surface area contributed by atoms with Gasteiger partial charge >= 0.3 is 0 Å². The molecule has 1 nitrogen and oxygen atoms in total. The maximum atomic E-state index is 10.8. The molecule has 2 heteroatoms. The predicted molar refractivity (Wildman–Crippen MR) is 61.1 cm³/mol. The average molecular weight is 251 g/mol. The third-order valence-electron chi connectivity index (χ3n) is 2.76. The molecule has 0 fully saturated rings. The van der Waals surface area contributed by atoms with E-state index in [1.54, 1.807) is 0 Å². The second-order valence-corrected chi connectivity index (χ2v) is 4.49. The van der Waals surface area contributed by atoms with Gasteiger partial charge in [-0.25, -0.2) is 0 Å². The van der Waals surface area contributed by atoms with Gasteiger partial charge in [-0.3, -0.25) is 4.79 Å². The molecule has 0 heterocycles. The van der Waals surface area contributed by atoms with Crippen LogP contribution in [0.4, 0.5) is 0 Å². The molecule has 0 aromatic heterocycles. The number of fused-ring (bicyclic) bond motifs is 1. The number of halogens is 1. The molecular weight excluding hydrogens is 240 g/mol. The summed E-state index contributed by atoms with van der Waals surface area (Å²) in [4.78, 5) is 10.8. The smallest absolute Gasteiger partial charge is 0.146 e. The molecule has 0 amide bonds. The van der Waals surface area contributed by atoms with E-state index in [0.717, 1.165) is 34.7 Å². The molecule has 2 rings (SSSR count). The molecule has 0 spiro atoms. The Morgan fingerprint density at radius 1 is 1.36 bits per heavy atom. The Bertz CT molecular complexity index is 418. The Labute approximate surface area is 92.0 Å². The molecule has 14 heavy (non-hydrogen) atoms. The highest BCUT2D eigenvalue weighted by Gasteiger charge is 2.15. The number of aryl methyl sites for hydroxylation is 1. The summed E-state index contributed by atoms with van der Waals surface area (Å²) >= 11 is 3.46. The van der Waals surface area contributed by atoms with E-state index in [2.05, 4.69) is 28.1 Å². The third-order valence-corrected chi connectivity index (χ3v) is 3.25. The lowest BCUT2D eigenvalue weighted by Crippen LogP contribution is -2.04. The van der Waals surface area contributed by atoms with Gasteiger partial charge in [-0.2, -0.15) is 0 Å². The van der Waals surface area contributed by atoms with Crippen molar-refractivity contribution in [2.45, 2.75) is 19.8 Å². The Morgan fingerprint density at radius 3 is 2.86 bits per heavy atom. The van der Waals surface area contributed by atoms with Gasteiger partial charge in [0.05, 0.1) is 0 Å². The summed E-state index contributed by atoms with van der Waals surface area (Å²) in [7, 11) is 0. The van der Waals surface area contributed by atoms with Crippen molar-refractivity contribution in [1.82, 2.24) is 0 Å². The van der Waals surface area contributed by atoms with Gasteiger partial charge in [0.2, 0.25) is 0 Å². The van der Waals surface area contributed by atoms with E-state index in [1.807, 2.05) is 13.0 Å². The van der Waals surface area contributed by atoms with Gasteiger partial charge in [0.15, 0.2) is 0 Å². The van der Waals surface area contributed by atoms with Crippen molar-refractivity contribution in [2.24, 2.45) is 0 Å². The average Bonchev–Trinajstić information content (AvgIpc) is 2.18. The van der Waals surface area contributed by atoms with Crippen LogP contribution in [-0.2, 0) is 11.2 Å². The van der Waals surface area contributed by atoms with E-state index in [0.29, 0.717) is 0 Å². The fraction of sp³-hybridized carbons (Fsp3) is 0.250. The molecule has 72 valence electrons. The maximum Gasteiger partial charge on any atom is 0.146 e. The van der Waals surface area contributed by atoms with Crippen molar-refractivity contribution >= 4 is 27.8 Å². The molecular formula is C12H11BrO. The summed E-state index contributed by atoms with van der Waals surface area (Å²) in [6.45, 7) is 2.02. The SMILES string of the molecule is CC1=C(C=O)CCc2cc(Br)ccc21. The number of allylic oxidation sites excluding steroid dienone is 2. The number of aldehydes is 1. The van der Waals surface area contributed by atoms with Gasteiger partial charge in [-0.1, -0.05) is 22.0 Å². The van der Waals surface area contributed by atoms with E-state index in [-0.39, 0.29) is 0 Å². The quantitative estimate of drug-likeness (QED) is 0.699. The normalized spacial score (nSPS) is 15.3. The standard InChI is InChI=1S/C12H11BrO/c1-8-10(7-14)3-2-9-6-11(13)4-5-12(8)9/h4-7H,2-3H2,1H3. The van der Waals surface area contributed by atoms with Gasteiger partial charge in [-0.15, -0.1) is 0 Å². The molecule has 0 unspecified atom stereocenters. The minimum atomic E-state index is 0.874. The highest BCUT2D eigenvalue weighted by Crippen LogP contribution is 2.31. The number of hydrogen-bond acceptors (Lipinski definition) is 1. The molecule has 0 saturated carbocycles. The first kappa shape index (κ1) is 9.66. The fourth-order valence-electron chi connectivity index (χ4n) is 1.91. The molecule has 1 aliphatic rings. The summed E-state index contributed by atoms with van der Waals surface area (Å²) < 4.78 is 1.11. The number of rotatable bonds is 1. The lowest BCUT2D eigenvalue weighted by molar-refractivity contribution is -0.105. The topological polar surface area (TPSA) is 17.1 Å². The summed E-state index contributed by atoms with van der Waals surface area (Å²) in [6.07, 6.45) is 2.83. The molecule has 0 saturated heterocycles. The van der Waals surface area contributed by atoms with E-state index >= 15 is 0 Å². The number of carbonyl (C=O) groups is 1. The van der Waals surface area contributed by atoms with Crippen LogP contribution in [-0.4, -0.2) is 6.29 Å². The number of carbonyl (C=O) groups excluding carboxylic acids is 1. The second kappa shape index (κ2) is 3.70. The van der Waals surface area contributed by atoms with Crippen molar-refractivity contribution < 1.29 is 4.79 Å². The molecule has 1 aliphatic carbocycles. The summed E-state index contributed by atoms with van der Waals surface area (Å²) in [5.41, 5.74) is 4.64. The van der Waals surface area contributed by atoms with Crippen LogP contribution in [0.15, 0.2) is 28.2 Å². The van der Waals surface area contributed by atoms with Crippen LogP contribution in [0.2, 0.25) is 0 Å². The van der Waals surface area contributed by atoms with Crippen LogP contribution < -0.4 is 0 Å². The minimum absolute atomic E-state index is 0.874. The van der Waals surface area contributed by atoms with E-state index < -0.39 is 0 Å². The molecule has 0 bridgehead atoms. The zero-order chi connectivity index (χ0) is 10.1. The van der Waals surface area contributed by atoms with Gasteiger partial charge in [0, 0.05) is 4.47 Å². The Morgan fingerprint density at radius 2 is 2.14 bits per heavy atom. The monoisotopic (exact) mass is 250 g/mol. The molecule has 1 aromatic carbocycles. The first-order valence-electron chi connectivity index (χ1n) is 4.66. The van der Waals surface area contributed by atoms with E-state index in [9.17, 15) is 4.79 Å². The highest BCUT2D eigenvalue weighted by molar-refractivity contribution is 9.10. The van der Waals surface area contributed by atoms with Crippen molar-refractivity contribution in [3.8, 4) is 0 Å². The molecule has 1 aromatic rings. The number of hydrogen-bond donors (Lipinski definition) is 0.